The molecule has 182 valence electrons. The number of hydrazone groups is 1. The second-order valence-corrected chi connectivity index (χ2v) is 8.67. The molecule has 0 aliphatic heterocycles. The van der Waals surface area contributed by atoms with Crippen LogP contribution in [0.2, 0.25) is 5.02 Å². The van der Waals surface area contributed by atoms with Gasteiger partial charge >= 0.3 is 5.97 Å². The van der Waals surface area contributed by atoms with Gasteiger partial charge in [-0.25, -0.2) is 10.2 Å². The van der Waals surface area contributed by atoms with Crippen molar-refractivity contribution < 1.29 is 19.4 Å². The maximum atomic E-state index is 12.4. The number of benzene rings is 3. The van der Waals surface area contributed by atoms with Gasteiger partial charge < -0.3 is 9.84 Å². The maximum absolute atomic E-state index is 12.4. The first-order valence-corrected chi connectivity index (χ1v) is 12.0. The molecule has 0 aliphatic rings. The van der Waals surface area contributed by atoms with Crippen LogP contribution in [-0.4, -0.2) is 50.3 Å². The van der Waals surface area contributed by atoms with Gasteiger partial charge in [0.25, 0.3) is 5.91 Å². The number of ether oxygens (including phenoxy) is 1. The number of carbonyl (C=O) groups excluding carboxylic acids is 1. The molecule has 0 fully saturated rings. The molecule has 2 N–H and O–H groups in total. The van der Waals surface area contributed by atoms with Gasteiger partial charge in [-0.3, -0.25) is 9.36 Å². The number of carboxylic acids is 1. The molecule has 0 saturated carbocycles. The summed E-state index contributed by atoms with van der Waals surface area (Å²) in [7, 11) is 0. The number of aliphatic carboxylic acids is 1. The second-order valence-electron chi connectivity index (χ2n) is 7.29. The molecule has 4 rings (SSSR count). The van der Waals surface area contributed by atoms with Crippen molar-refractivity contribution in [3.63, 3.8) is 0 Å². The Hall–Kier alpha value is -4.15. The molecule has 0 atom stereocenters. The van der Waals surface area contributed by atoms with Crippen molar-refractivity contribution in [3.8, 4) is 22.8 Å². The average molecular weight is 522 g/mol. The van der Waals surface area contributed by atoms with Gasteiger partial charge in [0.2, 0.25) is 0 Å². The van der Waals surface area contributed by atoms with Crippen LogP contribution < -0.4 is 10.2 Å². The molecule has 1 aromatic heterocycles. The lowest BCUT2D eigenvalue weighted by molar-refractivity contribution is -0.139. The zero-order chi connectivity index (χ0) is 25.3. The van der Waals surface area contributed by atoms with Crippen LogP contribution in [0.1, 0.15) is 5.56 Å². The van der Waals surface area contributed by atoms with Crippen molar-refractivity contribution in [2.45, 2.75) is 5.16 Å². The van der Waals surface area contributed by atoms with Crippen LogP contribution in [0, 0.1) is 0 Å². The number of aromatic nitrogens is 3. The van der Waals surface area contributed by atoms with Crippen molar-refractivity contribution in [3.05, 3.63) is 89.4 Å². The molecule has 0 aliphatic carbocycles. The van der Waals surface area contributed by atoms with Gasteiger partial charge in [-0.2, -0.15) is 5.10 Å². The number of hydrogen-bond donors (Lipinski definition) is 2. The first-order chi connectivity index (χ1) is 17.5. The highest BCUT2D eigenvalue weighted by molar-refractivity contribution is 7.99. The molecule has 0 radical (unpaired) electrons. The number of carboxylic acid groups (broad SMARTS) is 1. The number of carbonyl (C=O) groups is 2. The van der Waals surface area contributed by atoms with Crippen molar-refractivity contribution >= 4 is 41.5 Å². The minimum absolute atomic E-state index is 0.0367. The lowest BCUT2D eigenvalue weighted by Crippen LogP contribution is -2.20. The molecule has 0 saturated heterocycles. The summed E-state index contributed by atoms with van der Waals surface area (Å²) in [4.78, 5) is 23.2. The molecule has 1 heterocycles. The summed E-state index contributed by atoms with van der Waals surface area (Å²) in [5, 5.41) is 22.5. The first kappa shape index (κ1) is 25.0. The fourth-order valence-corrected chi connectivity index (χ4v) is 4.03. The monoisotopic (exact) mass is 521 g/mol. The molecule has 0 spiro atoms. The third kappa shape index (κ3) is 6.49. The van der Waals surface area contributed by atoms with Gasteiger partial charge in [-0.05, 0) is 36.4 Å². The van der Waals surface area contributed by atoms with E-state index in [1.807, 2.05) is 47.0 Å². The number of para-hydroxylation sites is 1. The molecular formula is C25H20ClN5O4S. The van der Waals surface area contributed by atoms with Crippen LogP contribution in [-0.2, 0) is 9.59 Å². The quantitative estimate of drug-likeness (QED) is 0.181. The maximum Gasteiger partial charge on any atom is 0.341 e. The molecule has 4 aromatic rings. The smallest absolute Gasteiger partial charge is 0.341 e. The number of amides is 1. The van der Waals surface area contributed by atoms with Crippen LogP contribution in [0.5, 0.6) is 5.75 Å². The van der Waals surface area contributed by atoms with E-state index in [-0.39, 0.29) is 11.7 Å². The number of thioether (sulfide) groups is 1. The highest BCUT2D eigenvalue weighted by Crippen LogP contribution is 2.28. The third-order valence-corrected chi connectivity index (χ3v) is 5.93. The van der Waals surface area contributed by atoms with Crippen molar-refractivity contribution in [2.75, 3.05) is 12.4 Å². The number of rotatable bonds is 10. The van der Waals surface area contributed by atoms with E-state index in [0.29, 0.717) is 27.3 Å². The lowest BCUT2D eigenvalue weighted by Gasteiger charge is -2.10. The van der Waals surface area contributed by atoms with E-state index in [2.05, 4.69) is 20.7 Å². The molecule has 3 aromatic carbocycles. The molecule has 0 unspecified atom stereocenters. The fraction of sp³-hybridized carbons (Fsp3) is 0.0800. The standard InChI is InChI=1S/C25H20ClN5O4S/c26-19-10-12-20(13-11-19)31-24(17-6-2-1-3-7-17)29-30-25(31)36-16-22(32)28-27-14-18-8-4-5-9-21(18)35-15-23(33)34/h1-14H,15-16H2,(H,28,32)(H,33,34)/b27-14-. The van der Waals surface area contributed by atoms with Crippen LogP contribution >= 0.6 is 23.4 Å². The Morgan fingerprint density at radius 1 is 1.03 bits per heavy atom. The summed E-state index contributed by atoms with van der Waals surface area (Å²) in [6.07, 6.45) is 1.39. The number of hydrogen-bond acceptors (Lipinski definition) is 7. The first-order valence-electron chi connectivity index (χ1n) is 10.7. The van der Waals surface area contributed by atoms with E-state index >= 15 is 0 Å². The molecule has 11 heteroatoms. The zero-order valence-corrected chi connectivity index (χ0v) is 20.3. The third-order valence-electron chi connectivity index (χ3n) is 4.75. The molecule has 9 nitrogen and oxygen atoms in total. The van der Waals surface area contributed by atoms with Gasteiger partial charge in [0.1, 0.15) is 5.75 Å². The highest BCUT2D eigenvalue weighted by atomic mass is 35.5. The number of halogens is 1. The minimum atomic E-state index is -1.09. The minimum Gasteiger partial charge on any atom is -0.481 e. The van der Waals surface area contributed by atoms with Crippen LogP contribution in [0.3, 0.4) is 0 Å². The van der Waals surface area contributed by atoms with Gasteiger partial charge in [0.15, 0.2) is 17.6 Å². The Morgan fingerprint density at radius 2 is 1.75 bits per heavy atom. The van der Waals surface area contributed by atoms with E-state index in [1.165, 1.54) is 18.0 Å². The summed E-state index contributed by atoms with van der Waals surface area (Å²) in [6.45, 7) is -0.479. The van der Waals surface area contributed by atoms with E-state index in [1.54, 1.807) is 36.4 Å². The predicted molar refractivity (Wildman–Crippen MR) is 138 cm³/mol. The van der Waals surface area contributed by atoms with E-state index < -0.39 is 12.6 Å². The van der Waals surface area contributed by atoms with E-state index in [9.17, 15) is 9.59 Å². The molecule has 0 bridgehead atoms. The zero-order valence-electron chi connectivity index (χ0n) is 18.7. The normalized spacial score (nSPS) is 10.9. The topological polar surface area (TPSA) is 119 Å². The van der Waals surface area contributed by atoms with Gasteiger partial charge in [0, 0.05) is 21.8 Å². The van der Waals surface area contributed by atoms with E-state index in [0.717, 1.165) is 11.3 Å². The van der Waals surface area contributed by atoms with Crippen LogP contribution in [0.4, 0.5) is 0 Å². The van der Waals surface area contributed by atoms with Crippen LogP contribution in [0.15, 0.2) is 89.1 Å². The predicted octanol–water partition coefficient (Wildman–Crippen LogP) is 4.29. The molecular weight excluding hydrogens is 502 g/mol. The molecule has 36 heavy (non-hydrogen) atoms. The van der Waals surface area contributed by atoms with Gasteiger partial charge in [-0.1, -0.05) is 65.8 Å². The van der Waals surface area contributed by atoms with Crippen molar-refractivity contribution in [2.24, 2.45) is 5.10 Å². The Balaban J connectivity index is 1.45. The summed E-state index contributed by atoms with van der Waals surface area (Å²) in [6, 6.07) is 23.7. The van der Waals surface area contributed by atoms with Crippen molar-refractivity contribution in [1.82, 2.24) is 20.2 Å². The average Bonchev–Trinajstić information content (AvgIpc) is 3.32. The van der Waals surface area contributed by atoms with Crippen LogP contribution in [0.25, 0.3) is 17.1 Å². The Bertz CT molecular complexity index is 1380. The highest BCUT2D eigenvalue weighted by Gasteiger charge is 2.17. The Kier molecular flexibility index (Phi) is 8.32. The summed E-state index contributed by atoms with van der Waals surface area (Å²) >= 11 is 7.27. The lowest BCUT2D eigenvalue weighted by atomic mass is 10.2. The largest absolute Gasteiger partial charge is 0.481 e. The summed E-state index contributed by atoms with van der Waals surface area (Å²) in [5.74, 6) is -0.427. The fourth-order valence-electron chi connectivity index (χ4n) is 3.15. The number of nitrogens with zero attached hydrogens (tertiary/aromatic N) is 4. The molecule has 1 amide bonds. The second kappa shape index (κ2) is 12.0. The van der Waals surface area contributed by atoms with Gasteiger partial charge in [0.05, 0.1) is 12.0 Å². The SMILES string of the molecule is O=C(O)COc1ccccc1/C=N\NC(=O)CSc1nnc(-c2ccccc2)n1-c1ccc(Cl)cc1. The Labute approximate surface area is 215 Å². The van der Waals surface area contributed by atoms with E-state index in [4.69, 9.17) is 21.4 Å². The van der Waals surface area contributed by atoms with Crippen molar-refractivity contribution in [1.29, 1.82) is 0 Å². The summed E-state index contributed by atoms with van der Waals surface area (Å²) in [5.41, 5.74) is 4.68. The van der Waals surface area contributed by atoms with Gasteiger partial charge in [-0.15, -0.1) is 10.2 Å². The number of nitrogens with one attached hydrogen (secondary N) is 1. The summed E-state index contributed by atoms with van der Waals surface area (Å²) < 4.78 is 7.09. The Morgan fingerprint density at radius 3 is 2.50 bits per heavy atom.